The van der Waals surface area contributed by atoms with Gasteiger partial charge in [-0.15, -0.1) is 0 Å². The van der Waals surface area contributed by atoms with Crippen molar-refractivity contribution in [2.24, 2.45) is 0 Å². The summed E-state index contributed by atoms with van der Waals surface area (Å²) in [5.74, 6) is -0.675. The number of aromatic hydroxyl groups is 1. The van der Waals surface area contributed by atoms with E-state index in [2.05, 4.69) is 36.1 Å². The fourth-order valence-electron chi connectivity index (χ4n) is 4.26. The molecule has 0 aliphatic carbocycles. The van der Waals surface area contributed by atoms with Gasteiger partial charge in [0.2, 0.25) is 0 Å². The van der Waals surface area contributed by atoms with Gasteiger partial charge in [0.25, 0.3) is 0 Å². The van der Waals surface area contributed by atoms with Gasteiger partial charge in [0.1, 0.15) is 5.75 Å². The zero-order valence-electron chi connectivity index (χ0n) is 16.2. The van der Waals surface area contributed by atoms with Gasteiger partial charge >= 0.3 is 5.97 Å². The quantitative estimate of drug-likeness (QED) is 0.633. The van der Waals surface area contributed by atoms with Gasteiger partial charge in [0, 0.05) is 18.3 Å². The number of nitrogens with zero attached hydrogens (tertiary/aromatic N) is 1. The number of rotatable bonds is 4. The highest BCUT2D eigenvalue weighted by Crippen LogP contribution is 2.44. The third-order valence-electron chi connectivity index (χ3n) is 5.72. The average molecular weight is 385 g/mol. The van der Waals surface area contributed by atoms with E-state index >= 15 is 0 Å². The summed E-state index contributed by atoms with van der Waals surface area (Å²) in [7, 11) is 0. The molecule has 1 heterocycles. The molecule has 4 rings (SSSR count). The molecular weight excluding hydrogens is 362 g/mol. The molecule has 4 heteroatoms. The van der Waals surface area contributed by atoms with Gasteiger partial charge in [0.05, 0.1) is 5.54 Å². The Morgan fingerprint density at radius 2 is 1.76 bits per heavy atom. The monoisotopic (exact) mass is 385 g/mol. The van der Waals surface area contributed by atoms with Gasteiger partial charge in [-0.05, 0) is 65.9 Å². The van der Waals surface area contributed by atoms with Crippen LogP contribution in [-0.2, 0) is 16.8 Å². The minimum Gasteiger partial charge on any atom is -0.508 e. The molecule has 146 valence electrons. The lowest BCUT2D eigenvalue weighted by molar-refractivity contribution is -0.131. The number of aliphatic carboxylic acids is 1. The summed E-state index contributed by atoms with van der Waals surface area (Å²) in [6, 6.07) is 24.0. The van der Waals surface area contributed by atoms with Crippen molar-refractivity contribution < 1.29 is 15.0 Å². The normalized spacial score (nSPS) is 18.6. The van der Waals surface area contributed by atoms with Crippen molar-refractivity contribution in [3.8, 4) is 5.75 Å². The van der Waals surface area contributed by atoms with E-state index in [1.807, 2.05) is 42.5 Å². The minimum absolute atomic E-state index is 0.286. The summed E-state index contributed by atoms with van der Waals surface area (Å²) in [5.41, 5.74) is 4.99. The van der Waals surface area contributed by atoms with Crippen LogP contribution in [0.4, 0.5) is 5.69 Å². The third-order valence-corrected chi connectivity index (χ3v) is 5.72. The smallest absolute Gasteiger partial charge is 0.328 e. The van der Waals surface area contributed by atoms with Crippen molar-refractivity contribution in [2.45, 2.75) is 18.9 Å². The minimum atomic E-state index is -0.961. The standard InChI is InChI=1S/C25H23NO3/c1-25(20-10-7-18(8-11-20)9-14-24(28)29)23-13-12-22(27)17-19(23)15-16-26(25)21-5-3-2-4-6-21/h2-14,17,27H,15-16H2,1H3,(H,28,29). The van der Waals surface area contributed by atoms with E-state index in [4.69, 9.17) is 5.11 Å². The van der Waals surface area contributed by atoms with Crippen molar-refractivity contribution in [3.63, 3.8) is 0 Å². The summed E-state index contributed by atoms with van der Waals surface area (Å²) >= 11 is 0. The molecule has 0 spiro atoms. The molecular formula is C25H23NO3. The number of carboxylic acid groups (broad SMARTS) is 1. The predicted octanol–water partition coefficient (Wildman–Crippen LogP) is 4.82. The number of phenols is 1. The van der Waals surface area contributed by atoms with Crippen LogP contribution in [0.5, 0.6) is 5.75 Å². The van der Waals surface area contributed by atoms with E-state index in [0.717, 1.165) is 41.4 Å². The fourth-order valence-corrected chi connectivity index (χ4v) is 4.26. The highest BCUT2D eigenvalue weighted by Gasteiger charge is 2.40. The van der Waals surface area contributed by atoms with Gasteiger partial charge in [-0.2, -0.15) is 0 Å². The van der Waals surface area contributed by atoms with E-state index in [0.29, 0.717) is 0 Å². The molecule has 1 atom stereocenters. The summed E-state index contributed by atoms with van der Waals surface area (Å²) in [4.78, 5) is 13.2. The molecule has 0 fully saturated rings. The lowest BCUT2D eigenvalue weighted by Gasteiger charge is -2.48. The molecule has 1 unspecified atom stereocenters. The number of carboxylic acids is 1. The maximum absolute atomic E-state index is 10.8. The maximum Gasteiger partial charge on any atom is 0.328 e. The highest BCUT2D eigenvalue weighted by molar-refractivity contribution is 5.85. The molecule has 29 heavy (non-hydrogen) atoms. The molecule has 2 N–H and O–H groups in total. The van der Waals surface area contributed by atoms with Crippen LogP contribution in [0.1, 0.15) is 29.2 Å². The summed E-state index contributed by atoms with van der Waals surface area (Å²) in [6.07, 6.45) is 3.59. The zero-order chi connectivity index (χ0) is 20.4. The molecule has 3 aromatic rings. The second-order valence-corrected chi connectivity index (χ2v) is 7.44. The molecule has 0 bridgehead atoms. The molecule has 0 radical (unpaired) electrons. The first kappa shape index (κ1) is 18.8. The van der Waals surface area contributed by atoms with Gasteiger partial charge in [-0.3, -0.25) is 0 Å². The number of phenolic OH excluding ortho intramolecular Hbond substituents is 1. The Morgan fingerprint density at radius 1 is 1.03 bits per heavy atom. The molecule has 3 aromatic carbocycles. The maximum atomic E-state index is 10.8. The van der Waals surface area contributed by atoms with Crippen molar-refractivity contribution in [1.29, 1.82) is 0 Å². The first-order valence-corrected chi connectivity index (χ1v) is 9.65. The van der Waals surface area contributed by atoms with E-state index in [1.54, 1.807) is 12.1 Å². The Kier molecular flexibility index (Phi) is 4.85. The topological polar surface area (TPSA) is 60.8 Å². The van der Waals surface area contributed by atoms with Crippen LogP contribution in [0.25, 0.3) is 6.08 Å². The first-order valence-electron chi connectivity index (χ1n) is 9.65. The summed E-state index contributed by atoms with van der Waals surface area (Å²) in [6.45, 7) is 3.04. The van der Waals surface area contributed by atoms with Crippen molar-refractivity contribution >= 4 is 17.7 Å². The van der Waals surface area contributed by atoms with Crippen LogP contribution in [0.15, 0.2) is 78.9 Å². The van der Waals surface area contributed by atoms with Crippen LogP contribution in [0.2, 0.25) is 0 Å². The molecule has 0 aromatic heterocycles. The van der Waals surface area contributed by atoms with E-state index in [-0.39, 0.29) is 5.75 Å². The average Bonchev–Trinajstić information content (AvgIpc) is 2.73. The zero-order valence-corrected chi connectivity index (χ0v) is 16.2. The van der Waals surface area contributed by atoms with E-state index < -0.39 is 11.5 Å². The van der Waals surface area contributed by atoms with Crippen LogP contribution in [-0.4, -0.2) is 22.7 Å². The molecule has 0 saturated carbocycles. The lowest BCUT2D eigenvalue weighted by atomic mass is 9.76. The van der Waals surface area contributed by atoms with Crippen molar-refractivity contribution in [1.82, 2.24) is 0 Å². The summed E-state index contributed by atoms with van der Waals surface area (Å²) < 4.78 is 0. The summed E-state index contributed by atoms with van der Waals surface area (Å²) in [5, 5.41) is 18.8. The Balaban J connectivity index is 1.84. The van der Waals surface area contributed by atoms with Gasteiger partial charge in [0.15, 0.2) is 0 Å². The molecule has 1 aliphatic rings. The van der Waals surface area contributed by atoms with Crippen LogP contribution >= 0.6 is 0 Å². The van der Waals surface area contributed by atoms with Gasteiger partial charge < -0.3 is 15.1 Å². The Bertz CT molecular complexity index is 1060. The Morgan fingerprint density at radius 3 is 2.45 bits per heavy atom. The number of hydrogen-bond donors (Lipinski definition) is 2. The van der Waals surface area contributed by atoms with E-state index in [9.17, 15) is 9.90 Å². The highest BCUT2D eigenvalue weighted by atomic mass is 16.4. The van der Waals surface area contributed by atoms with Crippen LogP contribution < -0.4 is 4.90 Å². The number of carbonyl (C=O) groups is 1. The second kappa shape index (κ2) is 7.47. The molecule has 0 saturated heterocycles. The van der Waals surface area contributed by atoms with Crippen LogP contribution in [0.3, 0.4) is 0 Å². The molecule has 1 aliphatic heterocycles. The largest absolute Gasteiger partial charge is 0.508 e. The molecule has 4 nitrogen and oxygen atoms in total. The SMILES string of the molecule is CC1(c2ccc(C=CC(=O)O)cc2)c2ccc(O)cc2CCN1c1ccccc1. The second-order valence-electron chi connectivity index (χ2n) is 7.44. The predicted molar refractivity (Wildman–Crippen MR) is 115 cm³/mol. The van der Waals surface area contributed by atoms with Gasteiger partial charge in [-0.25, -0.2) is 4.79 Å². The number of benzene rings is 3. The third kappa shape index (κ3) is 3.49. The first-order chi connectivity index (χ1) is 14.0. The number of fused-ring (bicyclic) bond motifs is 1. The number of anilines is 1. The van der Waals surface area contributed by atoms with Crippen LogP contribution in [0, 0.1) is 0 Å². The molecule has 0 amide bonds. The van der Waals surface area contributed by atoms with Crippen molar-refractivity contribution in [2.75, 3.05) is 11.4 Å². The van der Waals surface area contributed by atoms with E-state index in [1.165, 1.54) is 5.56 Å². The lowest BCUT2D eigenvalue weighted by Crippen LogP contribution is -2.49. The number of para-hydroxylation sites is 1. The van der Waals surface area contributed by atoms with Gasteiger partial charge in [-0.1, -0.05) is 48.5 Å². The number of hydrogen-bond acceptors (Lipinski definition) is 3. The van der Waals surface area contributed by atoms with Crippen molar-refractivity contribution in [3.05, 3.63) is 101 Å². The fraction of sp³-hybridized carbons (Fsp3) is 0.160. The Labute approximate surface area is 170 Å². The Hall–Kier alpha value is -3.53.